The van der Waals surface area contributed by atoms with Crippen molar-refractivity contribution in [2.75, 3.05) is 6.61 Å². The summed E-state index contributed by atoms with van der Waals surface area (Å²) in [6.07, 6.45) is -8.49. The number of fused-ring (bicyclic) bond motifs is 5. The van der Waals surface area contributed by atoms with Crippen molar-refractivity contribution in [3.05, 3.63) is 0 Å². The molecule has 11 heteroatoms. The molecule has 1 aliphatic heterocycles. The molecule has 11 nitrogen and oxygen atoms in total. The van der Waals surface area contributed by atoms with Crippen molar-refractivity contribution in [3.63, 3.8) is 0 Å². The fraction of sp³-hybridized carbons (Fsp3) is 0.909. The van der Waals surface area contributed by atoms with Crippen LogP contribution in [-0.4, -0.2) is 103 Å². The van der Waals surface area contributed by atoms with Crippen molar-refractivity contribution >= 4 is 11.8 Å². The van der Waals surface area contributed by atoms with E-state index >= 15 is 0 Å². The van der Waals surface area contributed by atoms with E-state index in [0.29, 0.717) is 0 Å². The van der Waals surface area contributed by atoms with E-state index in [2.05, 4.69) is 0 Å². The van der Waals surface area contributed by atoms with Crippen molar-refractivity contribution in [3.8, 4) is 0 Å². The number of rotatable bonds is 3. The molecule has 3 saturated carbocycles. The van der Waals surface area contributed by atoms with Gasteiger partial charge in [-0.1, -0.05) is 13.8 Å². The fourth-order valence-corrected chi connectivity index (χ4v) is 6.55. The largest absolute Gasteiger partial charge is 0.460 e. The van der Waals surface area contributed by atoms with Crippen LogP contribution >= 0.6 is 0 Å². The number of aliphatic hydroxyl groups is 6. The maximum absolute atomic E-state index is 13.5. The molecule has 2 bridgehead atoms. The molecule has 0 spiro atoms. The van der Waals surface area contributed by atoms with Crippen molar-refractivity contribution < 1.29 is 49.7 Å². The Balaban J connectivity index is 1.76. The molecule has 12 atom stereocenters. The van der Waals surface area contributed by atoms with Crippen LogP contribution in [0, 0.1) is 23.2 Å². The summed E-state index contributed by atoms with van der Waals surface area (Å²) in [5.41, 5.74) is 0.584. The second-order valence-corrected chi connectivity index (χ2v) is 11.0. The Morgan fingerprint density at radius 2 is 1.85 bits per heavy atom. The lowest BCUT2D eigenvalue weighted by Gasteiger charge is -2.64. The molecule has 3 unspecified atom stereocenters. The molecule has 4 fully saturated rings. The van der Waals surface area contributed by atoms with Crippen LogP contribution in [0.2, 0.25) is 0 Å². The Bertz CT molecular complexity index is 819. The molecule has 188 valence electrons. The van der Waals surface area contributed by atoms with Crippen LogP contribution in [0.15, 0.2) is 0 Å². The molecular weight excluding hydrogens is 438 g/mol. The van der Waals surface area contributed by atoms with Crippen LogP contribution < -0.4 is 5.73 Å². The topological polar surface area (TPSA) is 200 Å². The summed E-state index contributed by atoms with van der Waals surface area (Å²) in [6, 6.07) is -0.908. The van der Waals surface area contributed by atoms with E-state index < -0.39 is 88.8 Å². The highest BCUT2D eigenvalue weighted by Gasteiger charge is 2.72. The van der Waals surface area contributed by atoms with Gasteiger partial charge in [-0.05, 0) is 13.3 Å². The molecule has 0 radical (unpaired) electrons. The second kappa shape index (κ2) is 7.92. The molecule has 0 amide bonds. The van der Waals surface area contributed by atoms with Crippen LogP contribution in [0.1, 0.15) is 40.0 Å². The number of esters is 1. The van der Waals surface area contributed by atoms with Crippen LogP contribution in [0.5, 0.6) is 0 Å². The molecule has 0 aromatic rings. The summed E-state index contributed by atoms with van der Waals surface area (Å²) in [7, 11) is 0. The van der Waals surface area contributed by atoms with E-state index in [1.165, 1.54) is 6.92 Å². The van der Waals surface area contributed by atoms with Crippen molar-refractivity contribution in [2.45, 2.75) is 93.9 Å². The second-order valence-electron chi connectivity index (χ2n) is 11.0. The molecule has 1 saturated heterocycles. The third kappa shape index (κ3) is 3.40. The summed E-state index contributed by atoms with van der Waals surface area (Å²) >= 11 is 0. The van der Waals surface area contributed by atoms with Crippen molar-refractivity contribution in [2.24, 2.45) is 28.9 Å². The van der Waals surface area contributed by atoms with E-state index in [9.17, 15) is 40.2 Å². The van der Waals surface area contributed by atoms with Gasteiger partial charge in [-0.15, -0.1) is 0 Å². The number of carbonyl (C=O) groups is 2. The fourth-order valence-electron chi connectivity index (χ4n) is 6.55. The van der Waals surface area contributed by atoms with Gasteiger partial charge < -0.3 is 45.8 Å². The van der Waals surface area contributed by atoms with Crippen molar-refractivity contribution in [1.82, 2.24) is 0 Å². The number of hydrogen-bond acceptors (Lipinski definition) is 11. The number of hydrogen-bond donors (Lipinski definition) is 7. The quantitative estimate of drug-likeness (QED) is 0.209. The van der Waals surface area contributed by atoms with Crippen LogP contribution in [0.3, 0.4) is 0 Å². The zero-order chi connectivity index (χ0) is 24.7. The number of carbonyl (C=O) groups excluding carboxylic acids is 2. The minimum absolute atomic E-state index is 0.0172. The summed E-state index contributed by atoms with van der Waals surface area (Å²) in [6.45, 7) is 4.41. The van der Waals surface area contributed by atoms with Crippen LogP contribution in [0.25, 0.3) is 0 Å². The number of Topliss-reactive ketones (excluding diaryl/α,β-unsaturated/α-hetero) is 1. The summed E-state index contributed by atoms with van der Waals surface area (Å²) < 4.78 is 10.7. The first-order chi connectivity index (χ1) is 15.2. The summed E-state index contributed by atoms with van der Waals surface area (Å²) in [5, 5.41) is 66.5. The first-order valence-electron chi connectivity index (χ1n) is 11.4. The first kappa shape index (κ1) is 24.9. The third-order valence-corrected chi connectivity index (χ3v) is 8.84. The minimum atomic E-state index is -2.04. The van der Waals surface area contributed by atoms with Crippen LogP contribution in [-0.2, 0) is 19.1 Å². The highest BCUT2D eigenvalue weighted by Crippen LogP contribution is 2.59. The SMILES string of the molecule is C[C@H](N)[C@@H](O)C(=O)O[C@@H]1CC2C(=O)C(O)C3[C@H]([C@H](O)[C@](O)(C1)C2(C)C)[C@]1(O)CO[C@@H]1C[C@@H]3O. The maximum atomic E-state index is 13.5. The van der Waals surface area contributed by atoms with Gasteiger partial charge in [0.15, 0.2) is 11.9 Å². The van der Waals surface area contributed by atoms with Gasteiger partial charge in [-0.3, -0.25) is 4.79 Å². The first-order valence-corrected chi connectivity index (χ1v) is 11.4. The van der Waals surface area contributed by atoms with Gasteiger partial charge >= 0.3 is 5.97 Å². The average molecular weight is 474 g/mol. The lowest BCUT2D eigenvalue weighted by Crippen LogP contribution is -2.79. The van der Waals surface area contributed by atoms with E-state index in [4.69, 9.17) is 15.2 Å². The molecule has 0 aromatic carbocycles. The standard InChI is InChI=1S/C22H35NO10/c1-8(23)15(25)19(29)33-9-4-10-16(26)17(27)13-11(24)5-12-21(30,7-32-12)14(13)18(28)22(31,6-9)20(10,2)3/h8-15,17-18,24-25,27-28,30-31H,4-7,23H2,1-3H3/t8-,9+,10?,11-,12+,13?,14+,15+,17?,18-,21-,22+/m0/s1. The number of aliphatic hydroxyl groups excluding tert-OH is 4. The third-order valence-electron chi connectivity index (χ3n) is 8.84. The number of ether oxygens (including phenoxy) is 2. The van der Waals surface area contributed by atoms with E-state index in [1.807, 2.05) is 0 Å². The van der Waals surface area contributed by atoms with Gasteiger partial charge in [-0.25, -0.2) is 4.79 Å². The number of ketones is 1. The molecule has 33 heavy (non-hydrogen) atoms. The van der Waals surface area contributed by atoms with Crippen LogP contribution in [0.4, 0.5) is 0 Å². The van der Waals surface area contributed by atoms with Crippen molar-refractivity contribution in [1.29, 1.82) is 0 Å². The van der Waals surface area contributed by atoms with Gasteiger partial charge in [-0.2, -0.15) is 0 Å². The monoisotopic (exact) mass is 473 g/mol. The Hall–Kier alpha value is -1.18. The van der Waals surface area contributed by atoms with E-state index in [0.717, 1.165) is 0 Å². The van der Waals surface area contributed by atoms with Gasteiger partial charge in [0, 0.05) is 42.1 Å². The Labute approximate surface area is 191 Å². The molecular formula is C22H35NO10. The normalized spacial score (nSPS) is 50.5. The Morgan fingerprint density at radius 3 is 2.39 bits per heavy atom. The Kier molecular flexibility index (Phi) is 5.98. The molecule has 3 aliphatic carbocycles. The van der Waals surface area contributed by atoms with Gasteiger partial charge in [0.05, 0.1) is 24.9 Å². The molecule has 4 rings (SSSR count). The highest BCUT2D eigenvalue weighted by molar-refractivity contribution is 5.87. The van der Waals surface area contributed by atoms with Gasteiger partial charge in [0.25, 0.3) is 0 Å². The maximum Gasteiger partial charge on any atom is 0.336 e. The number of nitrogens with two attached hydrogens (primary N) is 1. The minimum Gasteiger partial charge on any atom is -0.460 e. The average Bonchev–Trinajstić information content (AvgIpc) is 2.73. The predicted octanol–water partition coefficient (Wildman–Crippen LogP) is -2.79. The Morgan fingerprint density at radius 1 is 1.21 bits per heavy atom. The summed E-state index contributed by atoms with van der Waals surface area (Å²) in [5.74, 6) is -5.21. The van der Waals surface area contributed by atoms with Gasteiger partial charge in [0.2, 0.25) is 0 Å². The molecule has 8 N–H and O–H groups in total. The predicted molar refractivity (Wildman–Crippen MR) is 110 cm³/mol. The zero-order valence-corrected chi connectivity index (χ0v) is 19.0. The molecule has 1 heterocycles. The van der Waals surface area contributed by atoms with E-state index in [-0.39, 0.29) is 25.9 Å². The lowest BCUT2D eigenvalue weighted by molar-refractivity contribution is -0.344. The highest BCUT2D eigenvalue weighted by atomic mass is 16.6. The molecule has 0 aromatic heterocycles. The zero-order valence-electron chi connectivity index (χ0n) is 19.0. The lowest BCUT2D eigenvalue weighted by atomic mass is 9.47. The molecule has 4 aliphatic rings. The summed E-state index contributed by atoms with van der Waals surface area (Å²) in [4.78, 5) is 25.8. The smallest absolute Gasteiger partial charge is 0.336 e. The van der Waals surface area contributed by atoms with E-state index in [1.54, 1.807) is 13.8 Å². The van der Waals surface area contributed by atoms with Gasteiger partial charge in [0.1, 0.15) is 23.4 Å².